The maximum Gasteiger partial charge on any atom is 0.392 e. The molecule has 0 spiro atoms. The van der Waals surface area contributed by atoms with Crippen LogP contribution in [-0.4, -0.2) is 71.0 Å². The van der Waals surface area contributed by atoms with Gasteiger partial charge in [-0.3, -0.25) is 9.69 Å². The van der Waals surface area contributed by atoms with Crippen LogP contribution in [0.5, 0.6) is 0 Å². The van der Waals surface area contributed by atoms with Crippen molar-refractivity contribution in [2.45, 2.75) is 81.8 Å². The Balaban J connectivity index is 1.50. The Labute approximate surface area is 184 Å². The van der Waals surface area contributed by atoms with Crippen molar-refractivity contribution in [3.8, 4) is 0 Å². The van der Waals surface area contributed by atoms with Crippen molar-refractivity contribution in [2.75, 3.05) is 20.3 Å². The largest absolute Gasteiger partial charge is 0.392 e. The van der Waals surface area contributed by atoms with Crippen LogP contribution in [0.4, 0.5) is 22.0 Å². The van der Waals surface area contributed by atoms with Gasteiger partial charge in [0.15, 0.2) is 0 Å². The molecular weight excluding hydrogens is 435 g/mol. The Morgan fingerprint density at radius 2 is 1.75 bits per heavy atom. The predicted octanol–water partition coefficient (Wildman–Crippen LogP) is 2.69. The third kappa shape index (κ3) is 3.92. The van der Waals surface area contributed by atoms with Crippen molar-refractivity contribution in [3.63, 3.8) is 0 Å². The van der Waals surface area contributed by atoms with Crippen LogP contribution in [0, 0.1) is 23.7 Å². The average Bonchev–Trinajstić information content (AvgIpc) is 3.31. The highest BCUT2D eigenvalue weighted by atomic mass is 19.4. The van der Waals surface area contributed by atoms with Crippen LogP contribution in [0.1, 0.15) is 51.9 Å². The van der Waals surface area contributed by atoms with E-state index in [4.69, 9.17) is 0 Å². The smallest absolute Gasteiger partial charge is 0.383 e. The molecule has 32 heavy (non-hydrogen) atoms. The molecule has 4 fully saturated rings. The fourth-order valence-corrected chi connectivity index (χ4v) is 6.44. The number of nitrogens with one attached hydrogen (secondary N) is 2. The number of amides is 1. The lowest BCUT2D eigenvalue weighted by atomic mass is 9.72. The monoisotopic (exact) mass is 468 g/mol. The summed E-state index contributed by atoms with van der Waals surface area (Å²) in [6, 6.07) is -0.421. The van der Waals surface area contributed by atoms with Gasteiger partial charge in [0.2, 0.25) is 5.91 Å². The number of halogens is 5. The van der Waals surface area contributed by atoms with Gasteiger partial charge in [-0.05, 0) is 57.9 Å². The summed E-state index contributed by atoms with van der Waals surface area (Å²) < 4.78 is 71.3. The molecule has 2 aliphatic heterocycles. The molecule has 0 bridgehead atoms. The first kappa shape index (κ1) is 24.1. The van der Waals surface area contributed by atoms with E-state index in [2.05, 4.69) is 10.9 Å². The normalized spacial score (nSPS) is 39.2. The highest BCUT2D eigenvalue weighted by Crippen LogP contribution is 2.50. The number of fused-ring (bicyclic) bond motifs is 1. The van der Waals surface area contributed by atoms with E-state index >= 15 is 8.78 Å². The quantitative estimate of drug-likeness (QED) is 0.554. The van der Waals surface area contributed by atoms with Gasteiger partial charge in [-0.1, -0.05) is 12.8 Å². The molecule has 2 aliphatic carbocycles. The van der Waals surface area contributed by atoms with Gasteiger partial charge < -0.3 is 10.0 Å². The van der Waals surface area contributed by atoms with Crippen LogP contribution in [0.15, 0.2) is 0 Å². The van der Waals surface area contributed by atoms with Crippen LogP contribution < -0.4 is 10.9 Å². The second-order valence-electron chi connectivity index (χ2n) is 10.3. The molecule has 0 aromatic heterocycles. The summed E-state index contributed by atoms with van der Waals surface area (Å²) in [4.78, 5) is 15.9. The van der Waals surface area contributed by atoms with Crippen molar-refractivity contribution in [1.29, 1.82) is 0 Å². The molecule has 1 amide bonds. The van der Waals surface area contributed by atoms with E-state index in [1.807, 2.05) is 0 Å². The first-order chi connectivity index (χ1) is 14.9. The summed E-state index contributed by atoms with van der Waals surface area (Å²) in [5, 5.41) is 11.0. The number of hydrogen-bond acceptors (Lipinski definition) is 5. The van der Waals surface area contributed by atoms with Gasteiger partial charge in [0.05, 0.1) is 12.6 Å². The van der Waals surface area contributed by atoms with E-state index in [9.17, 15) is 23.1 Å². The highest BCUT2D eigenvalue weighted by Gasteiger charge is 2.62. The molecule has 4 rings (SSSR count). The summed E-state index contributed by atoms with van der Waals surface area (Å²) in [7, 11) is 1.52. The molecule has 2 heterocycles. The summed E-state index contributed by atoms with van der Waals surface area (Å²) in [5.41, 5.74) is 2.82. The summed E-state index contributed by atoms with van der Waals surface area (Å²) >= 11 is 0. The molecular formula is C21H33F5N4O2. The fourth-order valence-electron chi connectivity index (χ4n) is 6.44. The number of hydrazine groups is 1. The second kappa shape index (κ2) is 8.32. The first-order valence-electron chi connectivity index (χ1n) is 11.5. The number of alkyl halides is 5. The Morgan fingerprint density at radius 1 is 1.06 bits per heavy atom. The van der Waals surface area contributed by atoms with Crippen molar-refractivity contribution in [2.24, 2.45) is 23.7 Å². The molecule has 4 aliphatic rings. The van der Waals surface area contributed by atoms with E-state index in [0.717, 1.165) is 6.92 Å². The number of likely N-dealkylation sites (tertiary alicyclic amines) is 1. The van der Waals surface area contributed by atoms with Crippen LogP contribution in [0.3, 0.4) is 0 Å². The molecule has 0 radical (unpaired) electrons. The van der Waals surface area contributed by atoms with Crippen molar-refractivity contribution < 1.29 is 31.9 Å². The maximum absolute atomic E-state index is 15.3. The predicted molar refractivity (Wildman–Crippen MR) is 106 cm³/mol. The third-order valence-corrected chi connectivity index (χ3v) is 8.40. The fraction of sp³-hybridized carbons (Fsp3) is 0.952. The second-order valence-corrected chi connectivity index (χ2v) is 10.3. The Bertz CT molecular complexity index is 719. The van der Waals surface area contributed by atoms with Gasteiger partial charge >= 0.3 is 12.1 Å². The topological polar surface area (TPSA) is 67.8 Å². The number of carbonyl (C=O) groups is 1. The lowest BCUT2D eigenvalue weighted by Gasteiger charge is -2.46. The van der Waals surface area contributed by atoms with Crippen molar-refractivity contribution in [3.05, 3.63) is 0 Å². The standard InChI is InChI=1S/C21H33F5N4O2/c1-19(32,20(22,23)18-28-27-11-29(18)2)12-5-3-6-13(9-12)30-10-15-14(17(30)31)7-4-8-16(15)21(24,25)26/h12-16,18,27-28,32H,3-11H2,1-2H3. The van der Waals surface area contributed by atoms with E-state index in [-0.39, 0.29) is 32.0 Å². The van der Waals surface area contributed by atoms with Crippen molar-refractivity contribution in [1.82, 2.24) is 20.7 Å². The average molecular weight is 469 g/mol. The molecule has 2 saturated carbocycles. The van der Waals surface area contributed by atoms with Gasteiger partial charge in [0.1, 0.15) is 11.8 Å². The number of hydrogen-bond donors (Lipinski definition) is 3. The van der Waals surface area contributed by atoms with Crippen molar-refractivity contribution >= 4 is 5.91 Å². The minimum Gasteiger partial charge on any atom is -0.383 e. The Morgan fingerprint density at radius 3 is 2.38 bits per heavy atom. The third-order valence-electron chi connectivity index (χ3n) is 8.40. The number of nitrogens with zero attached hydrogens (tertiary/aromatic N) is 2. The van der Waals surface area contributed by atoms with E-state index < -0.39 is 53.6 Å². The number of rotatable bonds is 4. The minimum atomic E-state index is -4.34. The lowest BCUT2D eigenvalue weighted by Crippen LogP contribution is -2.64. The molecule has 7 atom stereocenters. The van der Waals surface area contributed by atoms with Crippen LogP contribution in [-0.2, 0) is 4.79 Å². The molecule has 0 aromatic carbocycles. The van der Waals surface area contributed by atoms with E-state index in [0.29, 0.717) is 32.1 Å². The molecule has 11 heteroatoms. The summed E-state index contributed by atoms with van der Waals surface area (Å²) in [6.45, 7) is 1.37. The SMILES string of the molecule is CN1CNNC1C(F)(F)C(C)(O)C1CCCC(N2CC3C(CCCC3C(F)(F)F)C2=O)C1. The zero-order valence-electron chi connectivity index (χ0n) is 18.5. The van der Waals surface area contributed by atoms with Gasteiger partial charge in [0.25, 0.3) is 0 Å². The zero-order chi connectivity index (χ0) is 23.5. The van der Waals surface area contributed by atoms with E-state index in [1.54, 1.807) is 0 Å². The van der Waals surface area contributed by atoms with Crippen LogP contribution in [0.25, 0.3) is 0 Å². The Hall–Kier alpha value is -1.04. The van der Waals surface area contributed by atoms with E-state index in [1.165, 1.54) is 16.8 Å². The molecule has 3 N–H and O–H groups in total. The van der Waals surface area contributed by atoms with Gasteiger partial charge in [-0.15, -0.1) is 0 Å². The number of carbonyl (C=O) groups excluding carboxylic acids is 1. The van der Waals surface area contributed by atoms with Gasteiger partial charge in [-0.25, -0.2) is 19.6 Å². The number of aliphatic hydroxyl groups is 1. The van der Waals surface area contributed by atoms with Gasteiger partial charge in [0, 0.05) is 18.5 Å². The van der Waals surface area contributed by atoms with Crippen LogP contribution >= 0.6 is 0 Å². The molecule has 6 nitrogen and oxygen atoms in total. The molecule has 2 saturated heterocycles. The maximum atomic E-state index is 15.3. The molecule has 184 valence electrons. The highest BCUT2D eigenvalue weighted by molar-refractivity contribution is 5.82. The Kier molecular flexibility index (Phi) is 6.26. The van der Waals surface area contributed by atoms with Crippen LogP contribution in [0.2, 0.25) is 0 Å². The summed E-state index contributed by atoms with van der Waals surface area (Å²) in [5.74, 6) is -7.43. The molecule has 7 unspecified atom stereocenters. The van der Waals surface area contributed by atoms with Gasteiger partial charge in [-0.2, -0.15) is 13.2 Å². The first-order valence-corrected chi connectivity index (χ1v) is 11.5. The summed E-state index contributed by atoms with van der Waals surface area (Å²) in [6.07, 6.45) is -3.23. The molecule has 0 aromatic rings. The lowest BCUT2D eigenvalue weighted by molar-refractivity contribution is -0.233. The zero-order valence-corrected chi connectivity index (χ0v) is 18.5. The minimum absolute atomic E-state index is 0.0282.